The first-order valence-electron chi connectivity index (χ1n) is 9.32. The largest absolute Gasteiger partial charge is 0.384 e. The van der Waals surface area contributed by atoms with Crippen LogP contribution in [0, 0.1) is 5.92 Å². The summed E-state index contributed by atoms with van der Waals surface area (Å²) in [6.45, 7) is 5.39. The number of piperidine rings is 1. The Morgan fingerprint density at radius 1 is 1.00 bits per heavy atom. The molecule has 2 nitrogen and oxygen atoms in total. The maximum absolute atomic E-state index is 11.8. The molecule has 1 fully saturated rings. The van der Waals surface area contributed by atoms with E-state index in [0.29, 0.717) is 11.4 Å². The SMILES string of the molecule is C[C@@H](CN1CCCCC1)[C@](O)(Cc1ccccc1)c1ccc(Cl)cc1. The van der Waals surface area contributed by atoms with Crippen LogP contribution in [-0.4, -0.2) is 29.6 Å². The smallest absolute Gasteiger partial charge is 0.0974 e. The molecule has 0 aromatic heterocycles. The summed E-state index contributed by atoms with van der Waals surface area (Å²) in [5, 5.41) is 12.5. The summed E-state index contributed by atoms with van der Waals surface area (Å²) in [4.78, 5) is 2.50. The Morgan fingerprint density at radius 2 is 1.64 bits per heavy atom. The number of halogens is 1. The van der Waals surface area contributed by atoms with E-state index in [9.17, 15) is 5.11 Å². The van der Waals surface area contributed by atoms with Crippen LogP contribution in [0.5, 0.6) is 0 Å². The van der Waals surface area contributed by atoms with Crippen molar-refractivity contribution in [2.75, 3.05) is 19.6 Å². The van der Waals surface area contributed by atoms with Crippen LogP contribution in [0.25, 0.3) is 0 Å². The highest BCUT2D eigenvalue weighted by Gasteiger charge is 2.37. The number of benzene rings is 2. The molecule has 134 valence electrons. The van der Waals surface area contributed by atoms with Gasteiger partial charge in [0.25, 0.3) is 0 Å². The second kappa shape index (κ2) is 8.35. The minimum atomic E-state index is -0.899. The van der Waals surface area contributed by atoms with Crippen LogP contribution in [-0.2, 0) is 12.0 Å². The molecule has 1 aliphatic rings. The van der Waals surface area contributed by atoms with Crippen molar-refractivity contribution in [3.8, 4) is 0 Å². The lowest BCUT2D eigenvalue weighted by molar-refractivity contribution is -0.0316. The molecule has 0 spiro atoms. The van der Waals surface area contributed by atoms with Crippen LogP contribution >= 0.6 is 11.6 Å². The molecule has 1 N–H and O–H groups in total. The average molecular weight is 358 g/mol. The lowest BCUT2D eigenvalue weighted by Gasteiger charge is -2.39. The van der Waals surface area contributed by atoms with Gasteiger partial charge in [-0.25, -0.2) is 0 Å². The monoisotopic (exact) mass is 357 g/mol. The number of likely N-dealkylation sites (tertiary alicyclic amines) is 1. The molecule has 0 saturated carbocycles. The molecule has 0 bridgehead atoms. The molecule has 25 heavy (non-hydrogen) atoms. The summed E-state index contributed by atoms with van der Waals surface area (Å²) in [7, 11) is 0. The molecule has 0 radical (unpaired) electrons. The molecule has 3 rings (SSSR count). The molecule has 2 aromatic rings. The average Bonchev–Trinajstić information content (AvgIpc) is 2.64. The second-order valence-corrected chi connectivity index (χ2v) is 7.79. The van der Waals surface area contributed by atoms with Gasteiger partial charge < -0.3 is 10.0 Å². The maximum Gasteiger partial charge on any atom is 0.0974 e. The summed E-state index contributed by atoms with van der Waals surface area (Å²) in [5.74, 6) is 0.131. The molecular formula is C22H28ClNO. The van der Waals surface area contributed by atoms with E-state index in [1.165, 1.54) is 19.3 Å². The fourth-order valence-electron chi connectivity index (χ4n) is 3.89. The predicted octanol–water partition coefficient (Wildman–Crippen LogP) is 4.89. The van der Waals surface area contributed by atoms with Crippen LogP contribution in [0.1, 0.15) is 37.3 Å². The third-order valence-electron chi connectivity index (χ3n) is 5.46. The molecule has 0 aliphatic carbocycles. The van der Waals surface area contributed by atoms with Crippen molar-refractivity contribution < 1.29 is 5.11 Å². The van der Waals surface area contributed by atoms with Crippen LogP contribution in [0.3, 0.4) is 0 Å². The highest BCUT2D eigenvalue weighted by molar-refractivity contribution is 6.30. The summed E-state index contributed by atoms with van der Waals surface area (Å²) in [6, 6.07) is 18.0. The topological polar surface area (TPSA) is 23.5 Å². The third-order valence-corrected chi connectivity index (χ3v) is 5.71. The molecule has 0 amide bonds. The van der Waals surface area contributed by atoms with Crippen LogP contribution in [0.2, 0.25) is 5.02 Å². The van der Waals surface area contributed by atoms with Crippen molar-refractivity contribution >= 4 is 11.6 Å². The van der Waals surface area contributed by atoms with Gasteiger partial charge in [0.15, 0.2) is 0 Å². The molecule has 0 unspecified atom stereocenters. The first-order valence-corrected chi connectivity index (χ1v) is 9.70. The minimum absolute atomic E-state index is 0.131. The summed E-state index contributed by atoms with van der Waals surface area (Å²) in [6.07, 6.45) is 4.48. The van der Waals surface area contributed by atoms with Crippen molar-refractivity contribution in [3.05, 3.63) is 70.7 Å². The van der Waals surface area contributed by atoms with E-state index >= 15 is 0 Å². The van der Waals surface area contributed by atoms with Gasteiger partial charge in [-0.3, -0.25) is 0 Å². The molecular weight excluding hydrogens is 330 g/mol. The highest BCUT2D eigenvalue weighted by atomic mass is 35.5. The zero-order valence-electron chi connectivity index (χ0n) is 15.0. The number of hydrogen-bond acceptors (Lipinski definition) is 2. The normalized spacial score (nSPS) is 19.3. The lowest BCUT2D eigenvalue weighted by atomic mass is 9.77. The highest BCUT2D eigenvalue weighted by Crippen LogP contribution is 2.35. The maximum atomic E-state index is 11.8. The van der Waals surface area contributed by atoms with E-state index in [1.807, 2.05) is 42.5 Å². The van der Waals surface area contributed by atoms with E-state index in [1.54, 1.807) is 0 Å². The summed E-state index contributed by atoms with van der Waals surface area (Å²) >= 11 is 6.07. The fraction of sp³-hybridized carbons (Fsp3) is 0.455. The van der Waals surface area contributed by atoms with Gasteiger partial charge >= 0.3 is 0 Å². The van der Waals surface area contributed by atoms with Crippen LogP contribution in [0.15, 0.2) is 54.6 Å². The van der Waals surface area contributed by atoms with E-state index < -0.39 is 5.60 Å². The predicted molar refractivity (Wildman–Crippen MR) is 105 cm³/mol. The molecule has 3 heteroatoms. The van der Waals surface area contributed by atoms with E-state index in [0.717, 1.165) is 30.8 Å². The lowest BCUT2D eigenvalue weighted by Crippen LogP contribution is -2.44. The number of aliphatic hydroxyl groups is 1. The van der Waals surface area contributed by atoms with E-state index in [-0.39, 0.29) is 5.92 Å². The Balaban J connectivity index is 1.85. The van der Waals surface area contributed by atoms with E-state index in [2.05, 4.69) is 24.0 Å². The zero-order valence-corrected chi connectivity index (χ0v) is 15.8. The third kappa shape index (κ3) is 4.63. The first-order chi connectivity index (χ1) is 12.1. The van der Waals surface area contributed by atoms with Crippen LogP contribution in [0.4, 0.5) is 0 Å². The minimum Gasteiger partial charge on any atom is -0.384 e. The molecule has 1 saturated heterocycles. The van der Waals surface area contributed by atoms with Gasteiger partial charge in [-0.15, -0.1) is 0 Å². The van der Waals surface area contributed by atoms with Crippen molar-refractivity contribution in [2.45, 2.75) is 38.2 Å². The molecule has 2 aromatic carbocycles. The van der Waals surface area contributed by atoms with Gasteiger partial charge in [0.05, 0.1) is 5.60 Å². The van der Waals surface area contributed by atoms with Gasteiger partial charge in [0.2, 0.25) is 0 Å². The number of rotatable bonds is 6. The summed E-state index contributed by atoms with van der Waals surface area (Å²) < 4.78 is 0. The number of hydrogen-bond donors (Lipinski definition) is 1. The Bertz CT molecular complexity index is 651. The van der Waals surface area contributed by atoms with Crippen LogP contribution < -0.4 is 0 Å². The zero-order chi connectivity index (χ0) is 17.7. The molecule has 1 aliphatic heterocycles. The van der Waals surface area contributed by atoms with Gasteiger partial charge in [-0.2, -0.15) is 0 Å². The second-order valence-electron chi connectivity index (χ2n) is 7.36. The Labute approximate surface area is 156 Å². The standard InChI is InChI=1S/C22H28ClNO/c1-18(17-24-14-6-3-7-15-24)22(25,16-19-8-4-2-5-9-19)20-10-12-21(23)13-11-20/h2,4-5,8-13,18,25H,3,6-7,14-17H2,1H3/t18-,22+/m0/s1. The van der Waals surface area contributed by atoms with Crippen molar-refractivity contribution in [1.82, 2.24) is 4.90 Å². The van der Waals surface area contributed by atoms with Gasteiger partial charge in [0, 0.05) is 23.9 Å². The van der Waals surface area contributed by atoms with Crippen molar-refractivity contribution in [1.29, 1.82) is 0 Å². The Morgan fingerprint density at radius 3 is 2.28 bits per heavy atom. The van der Waals surface area contributed by atoms with Gasteiger partial charge in [0.1, 0.15) is 0 Å². The first kappa shape index (κ1) is 18.4. The summed E-state index contributed by atoms with van der Waals surface area (Å²) in [5.41, 5.74) is 1.21. The Kier molecular flexibility index (Phi) is 6.16. The van der Waals surface area contributed by atoms with Gasteiger partial charge in [-0.1, -0.05) is 67.4 Å². The Hall–Kier alpha value is -1.35. The van der Waals surface area contributed by atoms with Crippen molar-refractivity contribution in [3.63, 3.8) is 0 Å². The fourth-order valence-corrected chi connectivity index (χ4v) is 4.01. The van der Waals surface area contributed by atoms with Crippen molar-refractivity contribution in [2.24, 2.45) is 5.92 Å². The molecule has 2 atom stereocenters. The van der Waals surface area contributed by atoms with E-state index in [4.69, 9.17) is 11.6 Å². The number of nitrogens with zero attached hydrogens (tertiary/aromatic N) is 1. The van der Waals surface area contributed by atoms with Gasteiger partial charge in [-0.05, 0) is 49.2 Å². The molecule has 1 heterocycles. The quantitative estimate of drug-likeness (QED) is 0.795.